The molecule has 2 aliphatic rings. The zero-order valence-electron chi connectivity index (χ0n) is 17.9. The fraction of sp³-hybridized carbons (Fsp3) is 0.304. The van der Waals surface area contributed by atoms with Crippen LogP contribution >= 0.6 is 0 Å². The van der Waals surface area contributed by atoms with E-state index in [1.54, 1.807) is 29.2 Å². The summed E-state index contributed by atoms with van der Waals surface area (Å²) in [6.07, 6.45) is 2.39. The smallest absolute Gasteiger partial charge is 0.260 e. The Labute approximate surface area is 184 Å². The van der Waals surface area contributed by atoms with Crippen molar-refractivity contribution in [2.45, 2.75) is 25.9 Å². The van der Waals surface area contributed by atoms with Crippen molar-refractivity contribution in [3.63, 3.8) is 0 Å². The van der Waals surface area contributed by atoms with Crippen LogP contribution in [0.3, 0.4) is 0 Å². The first-order valence-corrected chi connectivity index (χ1v) is 10.4. The molecule has 2 N–H and O–H groups in total. The highest BCUT2D eigenvalue weighted by molar-refractivity contribution is 6.10. The summed E-state index contributed by atoms with van der Waals surface area (Å²) in [4.78, 5) is 30.5. The number of hydrogen-bond acceptors (Lipinski definition) is 7. The van der Waals surface area contributed by atoms with Crippen LogP contribution in [-0.2, 0) is 6.54 Å². The average molecular weight is 434 g/mol. The Morgan fingerprint density at radius 3 is 2.84 bits per heavy atom. The molecule has 2 aromatic heterocycles. The van der Waals surface area contributed by atoms with E-state index < -0.39 is 5.82 Å². The summed E-state index contributed by atoms with van der Waals surface area (Å²) in [7, 11) is 1.48. The van der Waals surface area contributed by atoms with E-state index in [1.165, 1.54) is 19.4 Å². The van der Waals surface area contributed by atoms with Gasteiger partial charge in [-0.25, -0.2) is 9.37 Å². The maximum Gasteiger partial charge on any atom is 0.260 e. The van der Waals surface area contributed by atoms with Crippen molar-refractivity contribution in [3.05, 3.63) is 59.2 Å². The van der Waals surface area contributed by atoms with Crippen LogP contribution in [-0.4, -0.2) is 47.1 Å². The van der Waals surface area contributed by atoms with Crippen molar-refractivity contribution in [2.24, 2.45) is 5.73 Å². The lowest BCUT2D eigenvalue weighted by Gasteiger charge is -2.20. The van der Waals surface area contributed by atoms with Crippen molar-refractivity contribution >= 4 is 17.7 Å². The molecule has 164 valence electrons. The second-order valence-corrected chi connectivity index (χ2v) is 8.06. The van der Waals surface area contributed by atoms with E-state index in [4.69, 9.17) is 10.5 Å². The molecule has 3 aromatic rings. The van der Waals surface area contributed by atoms with Gasteiger partial charge in [-0.05, 0) is 31.5 Å². The Hall–Kier alpha value is -3.59. The highest BCUT2D eigenvalue weighted by atomic mass is 19.1. The molecule has 9 heteroatoms. The number of halogens is 1. The molecule has 0 spiro atoms. The van der Waals surface area contributed by atoms with Crippen molar-refractivity contribution in [1.82, 2.24) is 15.0 Å². The molecule has 4 heterocycles. The number of amides is 1. The summed E-state index contributed by atoms with van der Waals surface area (Å²) in [6.45, 7) is 3.55. The minimum Gasteiger partial charge on any atom is -0.496 e. The van der Waals surface area contributed by atoms with Crippen LogP contribution < -0.4 is 20.3 Å². The molecular weight excluding hydrogens is 411 g/mol. The monoisotopic (exact) mass is 434 g/mol. The molecule has 0 bridgehead atoms. The lowest BCUT2D eigenvalue weighted by Crippen LogP contribution is -2.29. The van der Waals surface area contributed by atoms with E-state index >= 15 is 0 Å². The number of fused-ring (bicyclic) bond motifs is 1. The zero-order chi connectivity index (χ0) is 22.4. The summed E-state index contributed by atoms with van der Waals surface area (Å²) in [5, 5.41) is 0. The molecule has 32 heavy (non-hydrogen) atoms. The van der Waals surface area contributed by atoms with Crippen molar-refractivity contribution < 1.29 is 13.9 Å². The number of ether oxygens (including phenoxy) is 1. The number of anilines is 2. The molecule has 0 saturated carbocycles. The van der Waals surface area contributed by atoms with E-state index in [1.807, 2.05) is 11.8 Å². The predicted octanol–water partition coefficient (Wildman–Crippen LogP) is 2.69. The zero-order valence-corrected chi connectivity index (χ0v) is 17.9. The van der Waals surface area contributed by atoms with Crippen LogP contribution in [0.1, 0.15) is 28.0 Å². The van der Waals surface area contributed by atoms with Crippen LogP contribution in [0.25, 0.3) is 11.3 Å². The summed E-state index contributed by atoms with van der Waals surface area (Å²) < 4.78 is 20.1. The van der Waals surface area contributed by atoms with Gasteiger partial charge in [-0.3, -0.25) is 14.7 Å². The Morgan fingerprint density at radius 1 is 1.25 bits per heavy atom. The molecule has 2 aliphatic heterocycles. The highest BCUT2D eigenvalue weighted by Crippen LogP contribution is 2.38. The second kappa shape index (κ2) is 7.83. The second-order valence-electron chi connectivity index (χ2n) is 8.06. The van der Waals surface area contributed by atoms with Gasteiger partial charge in [0.2, 0.25) is 5.95 Å². The Balaban J connectivity index is 1.55. The number of carbonyl (C=O) groups is 1. The van der Waals surface area contributed by atoms with E-state index in [9.17, 15) is 9.18 Å². The molecular formula is C23H23FN6O2. The molecule has 8 nitrogen and oxygen atoms in total. The van der Waals surface area contributed by atoms with Gasteiger partial charge in [-0.1, -0.05) is 6.07 Å². The van der Waals surface area contributed by atoms with Gasteiger partial charge >= 0.3 is 0 Å². The average Bonchev–Trinajstić information content (AvgIpc) is 3.37. The van der Waals surface area contributed by atoms with Gasteiger partial charge in [0.05, 0.1) is 24.9 Å². The largest absolute Gasteiger partial charge is 0.496 e. The third-order valence-corrected chi connectivity index (χ3v) is 5.89. The van der Waals surface area contributed by atoms with Crippen LogP contribution in [0.15, 0.2) is 36.5 Å². The number of carbonyl (C=O) groups excluding carboxylic acids is 1. The molecule has 1 fully saturated rings. The van der Waals surface area contributed by atoms with Gasteiger partial charge in [0.1, 0.15) is 17.4 Å². The van der Waals surface area contributed by atoms with Crippen LogP contribution in [0, 0.1) is 12.7 Å². The molecule has 0 aliphatic carbocycles. The SMILES string of the molecule is COc1cccc(F)c1-c1nccc2c1CN(c1cc(C)nc(N3CC[C@H](N)C3)n1)C2=O. The first-order chi connectivity index (χ1) is 15.5. The third kappa shape index (κ3) is 3.34. The number of methoxy groups -OCH3 is 1. The molecule has 5 rings (SSSR count). The normalized spacial score (nSPS) is 17.8. The Bertz CT molecular complexity index is 1220. The summed E-state index contributed by atoms with van der Waals surface area (Å²) >= 11 is 0. The molecule has 1 amide bonds. The van der Waals surface area contributed by atoms with Gasteiger partial charge in [-0.15, -0.1) is 0 Å². The summed E-state index contributed by atoms with van der Waals surface area (Å²) in [6, 6.07) is 8.13. The molecule has 0 unspecified atom stereocenters. The van der Waals surface area contributed by atoms with Gasteiger partial charge in [-0.2, -0.15) is 4.98 Å². The predicted molar refractivity (Wildman–Crippen MR) is 118 cm³/mol. The van der Waals surface area contributed by atoms with E-state index in [0.29, 0.717) is 40.9 Å². The summed E-state index contributed by atoms with van der Waals surface area (Å²) in [5.41, 5.74) is 8.54. The standard InChI is InChI=1S/C23H23FN6O2/c1-13-10-19(28-23(27-13)29-9-7-14(25)11-29)30-12-16-15(22(30)31)6-8-26-21(16)20-17(24)4-3-5-18(20)32-2/h3-6,8,10,14H,7,9,11-12,25H2,1-2H3/t14-/m0/s1. The number of nitrogens with zero attached hydrogens (tertiary/aromatic N) is 5. The summed E-state index contributed by atoms with van der Waals surface area (Å²) in [5.74, 6) is 0.761. The number of pyridine rings is 1. The van der Waals surface area contributed by atoms with Crippen LogP contribution in [0.2, 0.25) is 0 Å². The molecule has 0 radical (unpaired) electrons. The molecule has 1 atom stereocenters. The topological polar surface area (TPSA) is 97.5 Å². The van der Waals surface area contributed by atoms with Gasteiger partial charge < -0.3 is 15.4 Å². The third-order valence-electron chi connectivity index (χ3n) is 5.89. The Kier molecular flexibility index (Phi) is 4.97. The maximum atomic E-state index is 14.8. The quantitative estimate of drug-likeness (QED) is 0.674. The molecule has 1 saturated heterocycles. The van der Waals surface area contributed by atoms with E-state index in [2.05, 4.69) is 15.0 Å². The fourth-order valence-electron chi connectivity index (χ4n) is 4.32. The highest BCUT2D eigenvalue weighted by Gasteiger charge is 2.34. The lowest BCUT2D eigenvalue weighted by molar-refractivity contribution is 0.0996. The van der Waals surface area contributed by atoms with Gasteiger partial charge in [0, 0.05) is 48.2 Å². The first-order valence-electron chi connectivity index (χ1n) is 10.4. The van der Waals surface area contributed by atoms with Gasteiger partial charge in [0.15, 0.2) is 0 Å². The van der Waals surface area contributed by atoms with E-state index in [0.717, 1.165) is 18.7 Å². The number of rotatable bonds is 4. The lowest BCUT2D eigenvalue weighted by atomic mass is 10.0. The Morgan fingerprint density at radius 2 is 2.09 bits per heavy atom. The maximum absolute atomic E-state index is 14.8. The van der Waals surface area contributed by atoms with Crippen LogP contribution in [0.4, 0.5) is 16.2 Å². The van der Waals surface area contributed by atoms with Crippen molar-refractivity contribution in [2.75, 3.05) is 30.0 Å². The van der Waals surface area contributed by atoms with Crippen molar-refractivity contribution in [3.8, 4) is 17.0 Å². The number of hydrogen-bond donors (Lipinski definition) is 1. The number of aromatic nitrogens is 3. The first kappa shape index (κ1) is 20.3. The number of benzene rings is 1. The van der Waals surface area contributed by atoms with Crippen LogP contribution in [0.5, 0.6) is 5.75 Å². The minimum absolute atomic E-state index is 0.0876. The number of aryl methyl sites for hydroxylation is 1. The fourth-order valence-corrected chi connectivity index (χ4v) is 4.32. The van der Waals surface area contributed by atoms with E-state index in [-0.39, 0.29) is 24.1 Å². The minimum atomic E-state index is -0.457. The number of nitrogens with two attached hydrogens (primary N) is 1. The van der Waals surface area contributed by atoms with Gasteiger partial charge in [0.25, 0.3) is 5.91 Å². The molecule has 1 aromatic carbocycles. The van der Waals surface area contributed by atoms with Crippen molar-refractivity contribution in [1.29, 1.82) is 0 Å².